The maximum Gasteiger partial charge on any atom is 0.226 e. The van der Waals surface area contributed by atoms with Gasteiger partial charge in [0.15, 0.2) is 5.65 Å². The molecule has 3 aromatic rings. The molecule has 0 aromatic carbocycles. The van der Waals surface area contributed by atoms with E-state index < -0.39 is 0 Å². The Balaban J connectivity index is 2.29. The van der Waals surface area contributed by atoms with Crippen molar-refractivity contribution in [1.29, 1.82) is 0 Å². The normalized spacial score (nSPS) is 10.9. The summed E-state index contributed by atoms with van der Waals surface area (Å²) in [6.45, 7) is 1.85. The number of hydrogen-bond donors (Lipinski definition) is 0. The molecule has 0 spiro atoms. The minimum Gasteiger partial charge on any atom is -0.481 e. The lowest BCUT2D eigenvalue weighted by molar-refractivity contribution is 0.366. The number of hydrogen-bond acceptors (Lipinski definition) is 6. The van der Waals surface area contributed by atoms with E-state index >= 15 is 0 Å². The Hall–Kier alpha value is -2.70. The fraction of sp³-hybridized carbons (Fsp3) is 0.286. The second kappa shape index (κ2) is 5.01. The summed E-state index contributed by atoms with van der Waals surface area (Å²) in [5.41, 5.74) is 2.30. The summed E-state index contributed by atoms with van der Waals surface area (Å²) in [7, 11) is 4.98. The monoisotopic (exact) mass is 285 g/mol. The minimum absolute atomic E-state index is 0.456. The number of methoxy groups -OCH3 is 2. The maximum atomic E-state index is 5.36. The Kier molecular flexibility index (Phi) is 3.17. The van der Waals surface area contributed by atoms with Gasteiger partial charge < -0.3 is 9.47 Å². The lowest BCUT2D eigenvalue weighted by Gasteiger charge is -2.10. The highest BCUT2D eigenvalue weighted by molar-refractivity contribution is 5.91. The number of ether oxygens (including phenoxy) is 2. The lowest BCUT2D eigenvalue weighted by atomic mass is 10.1. The molecule has 0 atom stereocenters. The van der Waals surface area contributed by atoms with Crippen LogP contribution in [0.4, 0.5) is 0 Å². The molecule has 0 amide bonds. The number of aromatic nitrogens is 5. The molecule has 0 fully saturated rings. The van der Waals surface area contributed by atoms with Gasteiger partial charge in [-0.15, -0.1) is 0 Å². The smallest absolute Gasteiger partial charge is 0.226 e. The van der Waals surface area contributed by atoms with Crippen LogP contribution in [0.5, 0.6) is 11.8 Å². The topological polar surface area (TPSA) is 75.0 Å². The summed E-state index contributed by atoms with van der Waals surface area (Å²) in [5.74, 6) is 1.61. The highest BCUT2D eigenvalue weighted by atomic mass is 16.5. The van der Waals surface area contributed by atoms with Gasteiger partial charge in [0.25, 0.3) is 0 Å². The third-order valence-electron chi connectivity index (χ3n) is 3.20. The first-order valence-corrected chi connectivity index (χ1v) is 6.39. The van der Waals surface area contributed by atoms with E-state index in [0.717, 1.165) is 22.3 Å². The maximum absolute atomic E-state index is 5.36. The number of pyridine rings is 1. The molecule has 108 valence electrons. The van der Waals surface area contributed by atoms with Crippen molar-refractivity contribution in [3.8, 4) is 23.0 Å². The number of nitrogens with zero attached hydrogens (tertiary/aromatic N) is 5. The number of rotatable bonds is 3. The first-order chi connectivity index (χ1) is 10.1. The van der Waals surface area contributed by atoms with Gasteiger partial charge in [-0.05, 0) is 13.0 Å². The molecule has 0 aliphatic carbocycles. The molecule has 0 saturated heterocycles. The highest BCUT2D eigenvalue weighted by Crippen LogP contribution is 2.33. The fourth-order valence-corrected chi connectivity index (χ4v) is 2.21. The van der Waals surface area contributed by atoms with Crippen LogP contribution in [0.25, 0.3) is 22.3 Å². The first-order valence-electron chi connectivity index (χ1n) is 6.39. The third kappa shape index (κ3) is 2.16. The van der Waals surface area contributed by atoms with E-state index in [9.17, 15) is 0 Å². The molecule has 0 aliphatic rings. The Labute approximate surface area is 121 Å². The van der Waals surface area contributed by atoms with Gasteiger partial charge in [0.1, 0.15) is 5.82 Å². The van der Waals surface area contributed by atoms with Crippen molar-refractivity contribution < 1.29 is 9.47 Å². The van der Waals surface area contributed by atoms with Gasteiger partial charge in [0, 0.05) is 13.1 Å². The van der Waals surface area contributed by atoms with Gasteiger partial charge >= 0.3 is 0 Å². The average molecular weight is 285 g/mol. The molecule has 0 saturated carbocycles. The molecule has 0 radical (unpaired) electrons. The van der Waals surface area contributed by atoms with Crippen LogP contribution >= 0.6 is 0 Å². The van der Waals surface area contributed by atoms with Crippen LogP contribution in [0.1, 0.15) is 5.82 Å². The molecule has 3 heterocycles. The Morgan fingerprint density at radius 3 is 2.57 bits per heavy atom. The van der Waals surface area contributed by atoms with Crippen LogP contribution in [0.15, 0.2) is 18.3 Å². The van der Waals surface area contributed by atoms with Crippen molar-refractivity contribution in [1.82, 2.24) is 24.7 Å². The average Bonchev–Trinajstić information content (AvgIpc) is 2.87. The van der Waals surface area contributed by atoms with Crippen LogP contribution in [0.3, 0.4) is 0 Å². The molecule has 0 bridgehead atoms. The predicted octanol–water partition coefficient (Wildman–Crippen LogP) is 1.75. The van der Waals surface area contributed by atoms with Crippen LogP contribution < -0.4 is 9.47 Å². The summed E-state index contributed by atoms with van der Waals surface area (Å²) in [5, 5.41) is 5.10. The molecule has 0 N–H and O–H groups in total. The summed E-state index contributed by atoms with van der Waals surface area (Å²) in [6.07, 6.45) is 1.74. The Morgan fingerprint density at radius 1 is 1.05 bits per heavy atom. The summed E-state index contributed by atoms with van der Waals surface area (Å²) in [4.78, 5) is 13.2. The molecular weight excluding hydrogens is 270 g/mol. The lowest BCUT2D eigenvalue weighted by Crippen LogP contribution is -2.00. The minimum atomic E-state index is 0.456. The van der Waals surface area contributed by atoms with E-state index in [1.807, 2.05) is 20.0 Å². The molecule has 3 aromatic heterocycles. The van der Waals surface area contributed by atoms with E-state index in [1.54, 1.807) is 31.2 Å². The van der Waals surface area contributed by atoms with Gasteiger partial charge in [0.2, 0.25) is 11.8 Å². The van der Waals surface area contributed by atoms with Crippen LogP contribution in [-0.2, 0) is 7.05 Å². The van der Waals surface area contributed by atoms with Crippen LogP contribution in [-0.4, -0.2) is 39.0 Å². The third-order valence-corrected chi connectivity index (χ3v) is 3.20. The zero-order valence-electron chi connectivity index (χ0n) is 12.3. The Bertz CT molecular complexity index is 812. The molecule has 7 heteroatoms. The molecule has 0 unspecified atom stereocenters. The summed E-state index contributed by atoms with van der Waals surface area (Å²) in [6, 6.07) is 3.65. The summed E-state index contributed by atoms with van der Waals surface area (Å²) < 4.78 is 12.2. The molecule has 0 aliphatic heterocycles. The van der Waals surface area contributed by atoms with Gasteiger partial charge in [-0.25, -0.2) is 9.97 Å². The van der Waals surface area contributed by atoms with Crippen molar-refractivity contribution in [3.05, 3.63) is 24.2 Å². The van der Waals surface area contributed by atoms with Gasteiger partial charge in [-0.2, -0.15) is 10.1 Å². The molecule has 3 rings (SSSR count). The molecule has 21 heavy (non-hydrogen) atoms. The number of aryl methyl sites for hydroxylation is 2. The Morgan fingerprint density at radius 2 is 1.86 bits per heavy atom. The van der Waals surface area contributed by atoms with Crippen molar-refractivity contribution in [2.45, 2.75) is 6.92 Å². The zero-order valence-corrected chi connectivity index (χ0v) is 12.3. The fourth-order valence-electron chi connectivity index (χ4n) is 2.21. The largest absolute Gasteiger partial charge is 0.481 e. The number of fused-ring (bicyclic) bond motifs is 1. The van der Waals surface area contributed by atoms with Crippen molar-refractivity contribution in [2.24, 2.45) is 7.05 Å². The van der Waals surface area contributed by atoms with Crippen molar-refractivity contribution >= 4 is 11.0 Å². The zero-order chi connectivity index (χ0) is 15.0. The van der Waals surface area contributed by atoms with Crippen molar-refractivity contribution in [2.75, 3.05) is 14.2 Å². The summed E-state index contributed by atoms with van der Waals surface area (Å²) >= 11 is 0. The van der Waals surface area contributed by atoms with Crippen LogP contribution in [0.2, 0.25) is 0 Å². The van der Waals surface area contributed by atoms with Gasteiger partial charge in [-0.3, -0.25) is 4.68 Å². The second-order valence-corrected chi connectivity index (χ2v) is 4.54. The molecule has 7 nitrogen and oxygen atoms in total. The van der Waals surface area contributed by atoms with E-state index in [0.29, 0.717) is 17.6 Å². The SMILES string of the molecule is COc1ccc(-c2nc(C)nc3c2cnn3C)c(OC)n1. The van der Waals surface area contributed by atoms with Crippen LogP contribution in [0, 0.1) is 6.92 Å². The van der Waals surface area contributed by atoms with E-state index in [1.165, 1.54) is 0 Å². The highest BCUT2D eigenvalue weighted by Gasteiger charge is 2.16. The van der Waals surface area contributed by atoms with E-state index in [-0.39, 0.29) is 0 Å². The molecular formula is C14H15N5O2. The van der Waals surface area contributed by atoms with Gasteiger partial charge in [-0.1, -0.05) is 0 Å². The van der Waals surface area contributed by atoms with Crippen molar-refractivity contribution in [3.63, 3.8) is 0 Å². The predicted molar refractivity (Wildman–Crippen MR) is 77.4 cm³/mol. The van der Waals surface area contributed by atoms with E-state index in [4.69, 9.17) is 9.47 Å². The quantitative estimate of drug-likeness (QED) is 0.730. The van der Waals surface area contributed by atoms with E-state index in [2.05, 4.69) is 20.1 Å². The second-order valence-electron chi connectivity index (χ2n) is 4.54. The standard InChI is InChI=1S/C14H15N5O2/c1-8-16-12(10-7-15-19(2)13(10)17-8)9-5-6-11(20-3)18-14(9)21-4/h5-7H,1-4H3. The first kappa shape index (κ1) is 13.3. The van der Waals surface area contributed by atoms with Gasteiger partial charge in [0.05, 0.1) is 37.1 Å².